The summed E-state index contributed by atoms with van der Waals surface area (Å²) in [4.78, 5) is 33.9. The molecule has 2 heterocycles. The van der Waals surface area contributed by atoms with Gasteiger partial charge in [0.25, 0.3) is 15.7 Å². The van der Waals surface area contributed by atoms with Crippen molar-refractivity contribution in [2.45, 2.75) is 11.3 Å². The number of hydrogen-bond acceptors (Lipinski definition) is 9. The van der Waals surface area contributed by atoms with Gasteiger partial charge in [-0.3, -0.25) is 14.9 Å². The summed E-state index contributed by atoms with van der Waals surface area (Å²) >= 11 is 7.03. The van der Waals surface area contributed by atoms with Gasteiger partial charge >= 0.3 is 0 Å². The number of carbonyl (C=O) groups excluding carboxylic acids is 1. The zero-order chi connectivity index (χ0) is 20.3. The summed E-state index contributed by atoms with van der Waals surface area (Å²) < 4.78 is 26.6. The number of sulfonamides is 1. The summed E-state index contributed by atoms with van der Waals surface area (Å²) in [6.07, 6.45) is 2.77. The van der Waals surface area contributed by atoms with Crippen LogP contribution in [0.4, 0.5) is 5.69 Å². The molecule has 2 aromatic heterocycles. The molecular weight excluding hydrogens is 430 g/mol. The lowest BCUT2D eigenvalue weighted by atomic mass is 10.3. The zero-order valence-electron chi connectivity index (χ0n) is 13.8. The summed E-state index contributed by atoms with van der Waals surface area (Å²) in [7, 11) is -4.40. The summed E-state index contributed by atoms with van der Waals surface area (Å²) in [5, 5.41) is 12.7. The van der Waals surface area contributed by atoms with Gasteiger partial charge in [0.2, 0.25) is 5.91 Å². The average molecular weight is 440 g/mol. The smallest absolute Gasteiger partial charge is 0.270 e. The number of non-ortho nitro benzene ring substituents is 1. The molecule has 1 N–H and O–H groups in total. The van der Waals surface area contributed by atoms with Gasteiger partial charge in [-0.05, 0) is 12.1 Å². The zero-order valence-corrected chi connectivity index (χ0v) is 16.2. The van der Waals surface area contributed by atoms with Crippen LogP contribution in [0.1, 0.15) is 5.69 Å². The van der Waals surface area contributed by atoms with Crippen LogP contribution in [0.15, 0.2) is 46.9 Å². The van der Waals surface area contributed by atoms with E-state index in [1.165, 1.54) is 11.3 Å². The Hall–Kier alpha value is -2.96. The van der Waals surface area contributed by atoms with Gasteiger partial charge in [-0.2, -0.15) is 0 Å². The third-order valence-corrected chi connectivity index (χ3v) is 6.06. The molecule has 1 amide bonds. The quantitative estimate of drug-likeness (QED) is 0.454. The summed E-state index contributed by atoms with van der Waals surface area (Å²) in [6, 6.07) is 4.57. The molecule has 0 fully saturated rings. The van der Waals surface area contributed by atoms with Gasteiger partial charge in [0.05, 0.1) is 22.1 Å². The molecule has 3 aromatic rings. The molecular formula is C15H10ClN5O5S2. The van der Waals surface area contributed by atoms with E-state index in [0.29, 0.717) is 16.5 Å². The first-order chi connectivity index (χ1) is 13.3. The fourth-order valence-electron chi connectivity index (χ4n) is 2.12. The van der Waals surface area contributed by atoms with Crippen LogP contribution in [0, 0.1) is 10.1 Å². The van der Waals surface area contributed by atoms with Crippen LogP contribution in [0.3, 0.4) is 0 Å². The second-order valence-electron chi connectivity index (χ2n) is 5.29. The lowest BCUT2D eigenvalue weighted by molar-refractivity contribution is -0.385. The number of nitrogens with one attached hydrogen (secondary N) is 1. The molecule has 144 valence electrons. The van der Waals surface area contributed by atoms with Gasteiger partial charge in [0, 0.05) is 29.9 Å². The molecule has 28 heavy (non-hydrogen) atoms. The summed E-state index contributed by atoms with van der Waals surface area (Å²) in [5.74, 6) is -0.483. The monoisotopic (exact) mass is 439 g/mol. The van der Waals surface area contributed by atoms with Crippen LogP contribution in [0.25, 0.3) is 10.8 Å². The van der Waals surface area contributed by atoms with Crippen molar-refractivity contribution in [2.75, 3.05) is 0 Å². The Morgan fingerprint density at radius 3 is 2.68 bits per heavy atom. The van der Waals surface area contributed by atoms with E-state index in [1.54, 1.807) is 23.8 Å². The summed E-state index contributed by atoms with van der Waals surface area (Å²) in [5.41, 5.74) is -0.144. The number of rotatable bonds is 6. The van der Waals surface area contributed by atoms with Crippen LogP contribution in [0.2, 0.25) is 5.02 Å². The third-order valence-electron chi connectivity index (χ3n) is 3.31. The lowest BCUT2D eigenvalue weighted by Gasteiger charge is -2.07. The lowest BCUT2D eigenvalue weighted by Crippen LogP contribution is -2.32. The van der Waals surface area contributed by atoms with E-state index in [4.69, 9.17) is 11.6 Å². The van der Waals surface area contributed by atoms with Gasteiger partial charge < -0.3 is 0 Å². The first-order valence-corrected chi connectivity index (χ1v) is 10.2. The van der Waals surface area contributed by atoms with Crippen LogP contribution < -0.4 is 4.72 Å². The molecule has 0 spiro atoms. The fourth-order valence-corrected chi connectivity index (χ4v) is 4.39. The number of thiazole rings is 1. The van der Waals surface area contributed by atoms with Gasteiger partial charge in [-0.25, -0.2) is 28.1 Å². The predicted molar refractivity (Wildman–Crippen MR) is 100 cm³/mol. The van der Waals surface area contributed by atoms with E-state index in [1.807, 2.05) is 4.72 Å². The predicted octanol–water partition coefficient (Wildman–Crippen LogP) is 2.21. The molecule has 0 atom stereocenters. The Morgan fingerprint density at radius 1 is 1.29 bits per heavy atom. The minimum absolute atomic E-state index is 0.247. The molecule has 13 heteroatoms. The largest absolute Gasteiger partial charge is 0.274 e. The number of carbonyl (C=O) groups is 1. The SMILES string of the molecule is O=C(Cc1csc(-c2ncccn2)n1)NS(=O)(=O)c1cc([N+](=O)[O-])ccc1Cl. The number of nitro groups is 1. The fraction of sp³-hybridized carbons (Fsp3) is 0.0667. The van der Waals surface area contributed by atoms with Gasteiger partial charge in [-0.15, -0.1) is 11.3 Å². The van der Waals surface area contributed by atoms with E-state index in [-0.39, 0.29) is 11.4 Å². The highest BCUT2D eigenvalue weighted by Gasteiger charge is 2.24. The summed E-state index contributed by atoms with van der Waals surface area (Å²) in [6.45, 7) is 0. The number of nitrogens with zero attached hydrogens (tertiary/aromatic N) is 4. The molecule has 0 saturated heterocycles. The highest BCUT2D eigenvalue weighted by atomic mass is 35.5. The van der Waals surface area contributed by atoms with E-state index < -0.39 is 31.4 Å². The highest BCUT2D eigenvalue weighted by Crippen LogP contribution is 2.26. The average Bonchev–Trinajstić information content (AvgIpc) is 3.10. The molecule has 0 saturated carbocycles. The van der Waals surface area contributed by atoms with Crippen molar-refractivity contribution in [1.82, 2.24) is 19.7 Å². The first-order valence-electron chi connectivity index (χ1n) is 7.47. The molecule has 0 unspecified atom stereocenters. The van der Waals surface area contributed by atoms with E-state index >= 15 is 0 Å². The molecule has 0 aliphatic heterocycles. The van der Waals surface area contributed by atoms with Crippen LogP contribution in [-0.2, 0) is 21.2 Å². The van der Waals surface area contributed by atoms with Crippen LogP contribution in [-0.4, -0.2) is 34.2 Å². The molecule has 0 radical (unpaired) electrons. The van der Waals surface area contributed by atoms with Crippen molar-refractivity contribution in [1.29, 1.82) is 0 Å². The van der Waals surface area contributed by atoms with Crippen molar-refractivity contribution in [3.8, 4) is 10.8 Å². The molecule has 3 rings (SSSR count). The standard InChI is InChI=1S/C15H10ClN5O5S2/c16-11-3-2-10(21(23)24)7-12(11)28(25,26)20-13(22)6-9-8-27-15(19-9)14-17-4-1-5-18-14/h1-5,7-8H,6H2,(H,20,22). The number of hydrogen-bond donors (Lipinski definition) is 1. The Bertz CT molecular complexity index is 1150. The highest BCUT2D eigenvalue weighted by molar-refractivity contribution is 7.90. The molecule has 0 aliphatic carbocycles. The number of aromatic nitrogens is 3. The van der Waals surface area contributed by atoms with Crippen molar-refractivity contribution >= 4 is 44.6 Å². The van der Waals surface area contributed by atoms with Crippen molar-refractivity contribution in [3.63, 3.8) is 0 Å². The minimum atomic E-state index is -4.40. The molecule has 0 bridgehead atoms. The number of nitro benzene ring substituents is 1. The Morgan fingerprint density at radius 2 is 2.00 bits per heavy atom. The Labute approximate surface area is 167 Å². The maximum Gasteiger partial charge on any atom is 0.270 e. The normalized spacial score (nSPS) is 11.2. The second kappa shape index (κ2) is 7.96. The Kier molecular flexibility index (Phi) is 5.63. The van der Waals surface area contributed by atoms with Crippen LogP contribution >= 0.6 is 22.9 Å². The Balaban J connectivity index is 1.75. The topological polar surface area (TPSA) is 145 Å². The van der Waals surface area contributed by atoms with Crippen molar-refractivity contribution < 1.29 is 18.1 Å². The minimum Gasteiger partial charge on any atom is -0.274 e. The van der Waals surface area contributed by atoms with Gasteiger partial charge in [0.15, 0.2) is 10.8 Å². The van der Waals surface area contributed by atoms with E-state index in [2.05, 4.69) is 15.0 Å². The van der Waals surface area contributed by atoms with Crippen molar-refractivity contribution in [3.05, 3.63) is 62.9 Å². The van der Waals surface area contributed by atoms with E-state index in [0.717, 1.165) is 18.2 Å². The van der Waals surface area contributed by atoms with Crippen molar-refractivity contribution in [2.24, 2.45) is 0 Å². The van der Waals surface area contributed by atoms with Gasteiger partial charge in [-0.1, -0.05) is 11.6 Å². The number of halogens is 1. The maximum absolute atomic E-state index is 12.4. The number of benzene rings is 1. The first kappa shape index (κ1) is 19.8. The molecule has 1 aromatic carbocycles. The van der Waals surface area contributed by atoms with E-state index in [9.17, 15) is 23.3 Å². The van der Waals surface area contributed by atoms with Crippen LogP contribution in [0.5, 0.6) is 0 Å². The maximum atomic E-state index is 12.4. The van der Waals surface area contributed by atoms with Gasteiger partial charge in [0.1, 0.15) is 4.90 Å². The molecule has 0 aliphatic rings. The second-order valence-corrected chi connectivity index (χ2v) is 8.21. The number of amides is 1. The molecule has 10 nitrogen and oxygen atoms in total. The third kappa shape index (κ3) is 4.47.